The lowest BCUT2D eigenvalue weighted by atomic mass is 10.0. The minimum atomic E-state index is -0.0218. The third kappa shape index (κ3) is 5.51. The number of benzene rings is 1. The Balaban J connectivity index is 1.27. The number of hydrogen-bond donors (Lipinski definition) is 1. The van der Waals surface area contributed by atoms with E-state index >= 15 is 0 Å². The van der Waals surface area contributed by atoms with Crippen molar-refractivity contribution in [1.29, 1.82) is 0 Å². The lowest BCUT2D eigenvalue weighted by Gasteiger charge is -2.27. The SMILES string of the molecule is O=C(CCc1nc(-c2ccncc2)no1)NCc1ccccc1CN1CCCCC1. The van der Waals surface area contributed by atoms with Gasteiger partial charge < -0.3 is 9.84 Å². The van der Waals surface area contributed by atoms with Gasteiger partial charge in [0, 0.05) is 43.9 Å². The highest BCUT2D eigenvalue weighted by Crippen LogP contribution is 2.17. The summed E-state index contributed by atoms with van der Waals surface area (Å²) in [5.74, 6) is 0.952. The van der Waals surface area contributed by atoms with Gasteiger partial charge in [0.2, 0.25) is 17.6 Å². The number of likely N-dealkylation sites (tertiary alicyclic amines) is 1. The first-order chi connectivity index (χ1) is 14.8. The van der Waals surface area contributed by atoms with Crippen molar-refractivity contribution in [2.75, 3.05) is 13.1 Å². The van der Waals surface area contributed by atoms with Crippen LogP contribution >= 0.6 is 0 Å². The summed E-state index contributed by atoms with van der Waals surface area (Å²) < 4.78 is 5.27. The van der Waals surface area contributed by atoms with Crippen LogP contribution in [0.15, 0.2) is 53.3 Å². The second-order valence-corrected chi connectivity index (χ2v) is 7.63. The topological polar surface area (TPSA) is 84.1 Å². The molecule has 1 saturated heterocycles. The molecule has 2 aromatic heterocycles. The first-order valence-corrected chi connectivity index (χ1v) is 10.6. The molecule has 1 N–H and O–H groups in total. The maximum atomic E-state index is 12.3. The summed E-state index contributed by atoms with van der Waals surface area (Å²) in [5, 5.41) is 7.00. The molecular weight excluding hydrogens is 378 g/mol. The van der Waals surface area contributed by atoms with Gasteiger partial charge >= 0.3 is 0 Å². The third-order valence-electron chi connectivity index (χ3n) is 5.41. The van der Waals surface area contributed by atoms with Gasteiger partial charge in [0.25, 0.3) is 0 Å². The molecule has 0 atom stereocenters. The van der Waals surface area contributed by atoms with Crippen molar-refractivity contribution in [2.24, 2.45) is 0 Å². The molecule has 0 saturated carbocycles. The zero-order valence-corrected chi connectivity index (χ0v) is 17.1. The smallest absolute Gasteiger partial charge is 0.227 e. The lowest BCUT2D eigenvalue weighted by Crippen LogP contribution is -2.30. The van der Waals surface area contributed by atoms with Gasteiger partial charge in [-0.3, -0.25) is 14.7 Å². The van der Waals surface area contributed by atoms with Gasteiger partial charge in [-0.25, -0.2) is 0 Å². The molecule has 0 bridgehead atoms. The van der Waals surface area contributed by atoms with E-state index in [9.17, 15) is 4.79 Å². The summed E-state index contributed by atoms with van der Waals surface area (Å²) in [6.45, 7) is 3.81. The fraction of sp³-hybridized carbons (Fsp3) is 0.391. The Morgan fingerprint density at radius 2 is 1.80 bits per heavy atom. The van der Waals surface area contributed by atoms with E-state index in [4.69, 9.17) is 4.52 Å². The van der Waals surface area contributed by atoms with E-state index in [1.54, 1.807) is 12.4 Å². The molecule has 7 nitrogen and oxygen atoms in total. The van der Waals surface area contributed by atoms with Gasteiger partial charge in [-0.1, -0.05) is 35.8 Å². The first kappa shape index (κ1) is 20.2. The fourth-order valence-electron chi connectivity index (χ4n) is 3.72. The van der Waals surface area contributed by atoms with Crippen LogP contribution in [-0.4, -0.2) is 39.0 Å². The van der Waals surface area contributed by atoms with Crippen LogP contribution in [0.2, 0.25) is 0 Å². The van der Waals surface area contributed by atoms with Crippen molar-refractivity contribution in [1.82, 2.24) is 25.3 Å². The Morgan fingerprint density at radius 1 is 1.03 bits per heavy atom. The molecule has 1 aliphatic rings. The maximum Gasteiger partial charge on any atom is 0.227 e. The Labute approximate surface area is 176 Å². The molecule has 0 radical (unpaired) electrons. The summed E-state index contributed by atoms with van der Waals surface area (Å²) in [6, 6.07) is 12.0. The van der Waals surface area contributed by atoms with E-state index in [0.717, 1.165) is 25.2 Å². The highest BCUT2D eigenvalue weighted by Gasteiger charge is 2.14. The van der Waals surface area contributed by atoms with E-state index in [2.05, 4.69) is 43.5 Å². The van der Waals surface area contributed by atoms with E-state index in [1.165, 1.54) is 30.4 Å². The third-order valence-corrected chi connectivity index (χ3v) is 5.41. The second-order valence-electron chi connectivity index (χ2n) is 7.63. The number of aromatic nitrogens is 3. The van der Waals surface area contributed by atoms with E-state index in [1.807, 2.05) is 18.2 Å². The Hall–Kier alpha value is -3.06. The Morgan fingerprint density at radius 3 is 2.60 bits per heavy atom. The van der Waals surface area contributed by atoms with Crippen LogP contribution in [0.3, 0.4) is 0 Å². The van der Waals surface area contributed by atoms with E-state index in [-0.39, 0.29) is 5.91 Å². The molecule has 3 heterocycles. The summed E-state index contributed by atoms with van der Waals surface area (Å²) in [6.07, 6.45) is 7.97. The number of rotatable bonds is 8. The highest BCUT2D eigenvalue weighted by atomic mass is 16.5. The largest absolute Gasteiger partial charge is 0.352 e. The van der Waals surface area contributed by atoms with Crippen LogP contribution in [0.4, 0.5) is 0 Å². The number of carbonyl (C=O) groups excluding carboxylic acids is 1. The molecule has 1 fully saturated rings. The number of carbonyl (C=O) groups is 1. The first-order valence-electron chi connectivity index (χ1n) is 10.6. The number of aryl methyl sites for hydroxylation is 1. The van der Waals surface area contributed by atoms with Crippen molar-refractivity contribution >= 4 is 5.91 Å². The molecule has 3 aromatic rings. The van der Waals surface area contributed by atoms with E-state index < -0.39 is 0 Å². The molecule has 1 aliphatic heterocycles. The molecule has 0 aliphatic carbocycles. The number of nitrogens with one attached hydrogen (secondary N) is 1. The summed E-state index contributed by atoms with van der Waals surface area (Å²) in [4.78, 5) is 23.2. The van der Waals surface area contributed by atoms with Crippen LogP contribution in [0.5, 0.6) is 0 Å². The number of amides is 1. The minimum absolute atomic E-state index is 0.0218. The van der Waals surface area contributed by atoms with Crippen molar-refractivity contribution in [2.45, 2.75) is 45.2 Å². The second kappa shape index (κ2) is 10.1. The molecule has 1 amide bonds. The molecule has 156 valence electrons. The minimum Gasteiger partial charge on any atom is -0.352 e. The van der Waals surface area contributed by atoms with Crippen LogP contribution in [0.1, 0.15) is 42.7 Å². The number of nitrogens with zero attached hydrogens (tertiary/aromatic N) is 4. The zero-order valence-electron chi connectivity index (χ0n) is 17.1. The molecular formula is C23H27N5O2. The number of pyridine rings is 1. The standard InChI is InChI=1S/C23H27N5O2/c29-21(8-9-22-26-23(27-30-22)18-10-12-24-13-11-18)25-16-19-6-2-3-7-20(19)17-28-14-4-1-5-15-28/h2-3,6-7,10-13H,1,4-5,8-9,14-17H2,(H,25,29). The summed E-state index contributed by atoms with van der Waals surface area (Å²) in [5.41, 5.74) is 3.31. The van der Waals surface area contributed by atoms with Gasteiger partial charge in [-0.15, -0.1) is 0 Å². The number of hydrogen-bond acceptors (Lipinski definition) is 6. The van der Waals surface area contributed by atoms with Gasteiger partial charge in [0.05, 0.1) is 0 Å². The molecule has 7 heteroatoms. The highest BCUT2D eigenvalue weighted by molar-refractivity contribution is 5.76. The molecule has 1 aromatic carbocycles. The average molecular weight is 406 g/mol. The van der Waals surface area contributed by atoms with Crippen molar-refractivity contribution in [3.63, 3.8) is 0 Å². The Kier molecular flexibility index (Phi) is 6.82. The maximum absolute atomic E-state index is 12.3. The Bertz CT molecular complexity index is 951. The average Bonchev–Trinajstić information content (AvgIpc) is 3.28. The quantitative estimate of drug-likeness (QED) is 0.619. The monoisotopic (exact) mass is 405 g/mol. The van der Waals surface area contributed by atoms with E-state index in [0.29, 0.717) is 31.1 Å². The molecule has 30 heavy (non-hydrogen) atoms. The number of piperidine rings is 1. The van der Waals surface area contributed by atoms with Gasteiger partial charge in [-0.2, -0.15) is 4.98 Å². The normalized spacial score (nSPS) is 14.5. The van der Waals surface area contributed by atoms with Gasteiger partial charge in [-0.05, 0) is 49.2 Å². The van der Waals surface area contributed by atoms with Gasteiger partial charge in [0.15, 0.2) is 0 Å². The fourth-order valence-corrected chi connectivity index (χ4v) is 3.72. The molecule has 4 rings (SSSR count). The predicted octanol–water partition coefficient (Wildman–Crippen LogP) is 3.37. The van der Waals surface area contributed by atoms with Crippen molar-refractivity contribution < 1.29 is 9.32 Å². The van der Waals surface area contributed by atoms with Gasteiger partial charge in [0.1, 0.15) is 0 Å². The van der Waals surface area contributed by atoms with Crippen LogP contribution < -0.4 is 5.32 Å². The van der Waals surface area contributed by atoms with Crippen LogP contribution in [0.25, 0.3) is 11.4 Å². The van der Waals surface area contributed by atoms with Crippen molar-refractivity contribution in [3.05, 3.63) is 65.8 Å². The summed E-state index contributed by atoms with van der Waals surface area (Å²) in [7, 11) is 0. The molecule has 0 unspecified atom stereocenters. The molecule has 0 spiro atoms. The van der Waals surface area contributed by atoms with Crippen LogP contribution in [-0.2, 0) is 24.3 Å². The zero-order chi connectivity index (χ0) is 20.6. The predicted molar refractivity (Wildman–Crippen MR) is 113 cm³/mol. The van der Waals surface area contributed by atoms with Crippen molar-refractivity contribution in [3.8, 4) is 11.4 Å². The summed E-state index contributed by atoms with van der Waals surface area (Å²) >= 11 is 0. The van der Waals surface area contributed by atoms with Crippen LogP contribution in [0, 0.1) is 0 Å². The lowest BCUT2D eigenvalue weighted by molar-refractivity contribution is -0.121.